The van der Waals surface area contributed by atoms with Crippen molar-refractivity contribution in [3.05, 3.63) is 69.5 Å². The summed E-state index contributed by atoms with van der Waals surface area (Å²) < 4.78 is 18.1. The standard InChI is InChI=1S/C17H16FN3O4/c1-11-3-8-16(15(9-11)21(23)24)25-10-17(22)20-19-12(2)13-4-6-14(18)7-5-13/h3-9H,10H2,1-2H3,(H,20,22)/b19-12+. The van der Waals surface area contributed by atoms with Gasteiger partial charge < -0.3 is 4.74 Å². The van der Waals surface area contributed by atoms with E-state index in [1.807, 2.05) is 0 Å². The van der Waals surface area contributed by atoms with Gasteiger partial charge in [0.2, 0.25) is 0 Å². The highest BCUT2D eigenvalue weighted by atomic mass is 19.1. The molecule has 0 atom stereocenters. The maximum atomic E-state index is 12.9. The Kier molecular flexibility index (Phi) is 5.78. The molecule has 1 amide bonds. The van der Waals surface area contributed by atoms with Gasteiger partial charge >= 0.3 is 5.69 Å². The van der Waals surface area contributed by atoms with E-state index in [2.05, 4.69) is 10.5 Å². The van der Waals surface area contributed by atoms with Gasteiger partial charge in [0.15, 0.2) is 12.4 Å². The molecule has 0 spiro atoms. The van der Waals surface area contributed by atoms with Gasteiger partial charge in [-0.05, 0) is 43.2 Å². The smallest absolute Gasteiger partial charge is 0.311 e. The summed E-state index contributed by atoms with van der Waals surface area (Å²) in [4.78, 5) is 22.2. The highest BCUT2D eigenvalue weighted by molar-refractivity contribution is 5.99. The molecule has 0 aliphatic rings. The molecule has 130 valence electrons. The van der Waals surface area contributed by atoms with Crippen molar-refractivity contribution in [2.75, 3.05) is 6.61 Å². The topological polar surface area (TPSA) is 93.8 Å². The molecular weight excluding hydrogens is 329 g/mol. The predicted octanol–water partition coefficient (Wildman–Crippen LogP) is 2.96. The van der Waals surface area contributed by atoms with Crippen LogP contribution in [0.25, 0.3) is 0 Å². The quantitative estimate of drug-likeness (QED) is 0.495. The summed E-state index contributed by atoms with van der Waals surface area (Å²) in [5, 5.41) is 14.9. The van der Waals surface area contributed by atoms with Gasteiger partial charge in [0.1, 0.15) is 5.82 Å². The number of nitro groups is 1. The Morgan fingerprint density at radius 2 is 1.96 bits per heavy atom. The molecule has 0 aliphatic carbocycles. The molecule has 0 unspecified atom stereocenters. The van der Waals surface area contributed by atoms with Gasteiger partial charge in [0.05, 0.1) is 10.6 Å². The highest BCUT2D eigenvalue weighted by Gasteiger charge is 2.16. The molecule has 2 rings (SSSR count). The Morgan fingerprint density at radius 3 is 2.60 bits per heavy atom. The number of benzene rings is 2. The lowest BCUT2D eigenvalue weighted by molar-refractivity contribution is -0.385. The molecule has 0 saturated heterocycles. The number of hydrogen-bond donors (Lipinski definition) is 1. The van der Waals surface area contributed by atoms with Gasteiger partial charge in [0.25, 0.3) is 5.91 Å². The number of hydrazone groups is 1. The fraction of sp³-hybridized carbons (Fsp3) is 0.176. The summed E-state index contributed by atoms with van der Waals surface area (Å²) >= 11 is 0. The second kappa shape index (κ2) is 8.00. The van der Waals surface area contributed by atoms with Crippen LogP contribution in [0.5, 0.6) is 5.75 Å². The number of nitrogens with zero attached hydrogens (tertiary/aromatic N) is 2. The van der Waals surface area contributed by atoms with Gasteiger partial charge in [-0.25, -0.2) is 9.82 Å². The van der Waals surface area contributed by atoms with Crippen molar-refractivity contribution < 1.29 is 18.8 Å². The molecule has 1 N–H and O–H groups in total. The fourth-order valence-corrected chi connectivity index (χ4v) is 1.97. The minimum atomic E-state index is -0.573. The van der Waals surface area contributed by atoms with E-state index in [4.69, 9.17) is 4.74 Å². The van der Waals surface area contributed by atoms with E-state index in [1.165, 1.54) is 36.4 Å². The van der Waals surface area contributed by atoms with Crippen LogP contribution in [-0.2, 0) is 4.79 Å². The maximum Gasteiger partial charge on any atom is 0.311 e. The van der Waals surface area contributed by atoms with E-state index < -0.39 is 17.4 Å². The van der Waals surface area contributed by atoms with Crippen molar-refractivity contribution in [3.8, 4) is 5.75 Å². The number of carbonyl (C=O) groups excluding carboxylic acids is 1. The van der Waals surface area contributed by atoms with Crippen LogP contribution in [0.2, 0.25) is 0 Å². The lowest BCUT2D eigenvalue weighted by Crippen LogP contribution is -2.25. The van der Waals surface area contributed by atoms with E-state index in [9.17, 15) is 19.3 Å². The van der Waals surface area contributed by atoms with Crippen LogP contribution in [0.15, 0.2) is 47.6 Å². The van der Waals surface area contributed by atoms with Crippen molar-refractivity contribution >= 4 is 17.3 Å². The summed E-state index contributed by atoms with van der Waals surface area (Å²) in [7, 11) is 0. The molecule has 8 heteroatoms. The van der Waals surface area contributed by atoms with Gasteiger partial charge in [-0.1, -0.05) is 18.2 Å². The first-order valence-electron chi connectivity index (χ1n) is 7.33. The summed E-state index contributed by atoms with van der Waals surface area (Å²) in [6.07, 6.45) is 0. The largest absolute Gasteiger partial charge is 0.477 e. The van der Waals surface area contributed by atoms with Crippen molar-refractivity contribution in [2.24, 2.45) is 5.10 Å². The van der Waals surface area contributed by atoms with Gasteiger partial charge in [-0.15, -0.1) is 0 Å². The second-order valence-electron chi connectivity index (χ2n) is 5.26. The first kappa shape index (κ1) is 18.1. The van der Waals surface area contributed by atoms with E-state index in [-0.39, 0.29) is 17.3 Å². The van der Waals surface area contributed by atoms with Crippen LogP contribution in [0.3, 0.4) is 0 Å². The zero-order valence-corrected chi connectivity index (χ0v) is 13.7. The molecule has 0 heterocycles. The first-order chi connectivity index (χ1) is 11.9. The molecule has 0 saturated carbocycles. The van der Waals surface area contributed by atoms with Crippen molar-refractivity contribution in [2.45, 2.75) is 13.8 Å². The zero-order valence-electron chi connectivity index (χ0n) is 13.7. The molecule has 0 aliphatic heterocycles. The third kappa shape index (κ3) is 5.10. The maximum absolute atomic E-state index is 12.9. The normalized spacial score (nSPS) is 11.1. The van der Waals surface area contributed by atoms with Gasteiger partial charge in [-0.2, -0.15) is 5.10 Å². The molecule has 7 nitrogen and oxygen atoms in total. The number of carbonyl (C=O) groups is 1. The average molecular weight is 345 g/mol. The number of nitrogens with one attached hydrogen (secondary N) is 1. The number of halogens is 1. The minimum Gasteiger partial charge on any atom is -0.477 e. The van der Waals surface area contributed by atoms with Crippen molar-refractivity contribution in [3.63, 3.8) is 0 Å². The Hall–Kier alpha value is -3.29. The SMILES string of the molecule is C/C(=N\NC(=O)COc1ccc(C)cc1[N+](=O)[O-])c1ccc(F)cc1. The molecule has 25 heavy (non-hydrogen) atoms. The summed E-state index contributed by atoms with van der Waals surface area (Å²) in [6.45, 7) is 2.94. The monoisotopic (exact) mass is 345 g/mol. The van der Waals surface area contributed by atoms with E-state index >= 15 is 0 Å². The minimum absolute atomic E-state index is 0.00462. The molecule has 2 aromatic rings. The number of aryl methyl sites for hydroxylation is 1. The Balaban J connectivity index is 1.96. The van der Waals surface area contributed by atoms with Crippen molar-refractivity contribution in [1.29, 1.82) is 0 Å². The number of amides is 1. The Morgan fingerprint density at radius 1 is 1.28 bits per heavy atom. The third-order valence-electron chi connectivity index (χ3n) is 3.28. The van der Waals surface area contributed by atoms with E-state index in [0.29, 0.717) is 16.8 Å². The van der Waals surface area contributed by atoms with Crippen LogP contribution in [0, 0.1) is 22.9 Å². The molecule has 2 aromatic carbocycles. The van der Waals surface area contributed by atoms with Crippen LogP contribution in [-0.4, -0.2) is 23.1 Å². The highest BCUT2D eigenvalue weighted by Crippen LogP contribution is 2.27. The summed E-state index contributed by atoms with van der Waals surface area (Å²) in [5.74, 6) is -0.935. The average Bonchev–Trinajstić information content (AvgIpc) is 2.59. The first-order valence-corrected chi connectivity index (χ1v) is 7.33. The van der Waals surface area contributed by atoms with E-state index in [1.54, 1.807) is 19.9 Å². The van der Waals surface area contributed by atoms with E-state index in [0.717, 1.165) is 0 Å². The second-order valence-corrected chi connectivity index (χ2v) is 5.26. The molecule has 0 fully saturated rings. The van der Waals surface area contributed by atoms with Crippen LogP contribution in [0.1, 0.15) is 18.1 Å². The zero-order chi connectivity index (χ0) is 18.4. The van der Waals surface area contributed by atoms with Crippen molar-refractivity contribution in [1.82, 2.24) is 5.43 Å². The Bertz CT molecular complexity index is 819. The van der Waals surface area contributed by atoms with Crippen LogP contribution >= 0.6 is 0 Å². The number of ether oxygens (including phenoxy) is 1. The molecule has 0 bridgehead atoms. The van der Waals surface area contributed by atoms with Gasteiger partial charge in [-0.3, -0.25) is 14.9 Å². The molecular formula is C17H16FN3O4. The molecule has 0 radical (unpaired) electrons. The molecule has 0 aromatic heterocycles. The lowest BCUT2D eigenvalue weighted by atomic mass is 10.1. The predicted molar refractivity (Wildman–Crippen MR) is 90.1 cm³/mol. The summed E-state index contributed by atoms with van der Waals surface area (Å²) in [5.41, 5.74) is 3.92. The van der Waals surface area contributed by atoms with Gasteiger partial charge in [0, 0.05) is 6.07 Å². The van der Waals surface area contributed by atoms with Crippen LogP contribution in [0.4, 0.5) is 10.1 Å². The Labute approximate surface area is 143 Å². The van der Waals surface area contributed by atoms with Crippen LogP contribution < -0.4 is 10.2 Å². The number of rotatable bonds is 6. The third-order valence-corrected chi connectivity index (χ3v) is 3.28. The summed E-state index contributed by atoms with van der Waals surface area (Å²) in [6, 6.07) is 10.1. The number of hydrogen-bond acceptors (Lipinski definition) is 5. The number of nitro benzene ring substituents is 1. The fourth-order valence-electron chi connectivity index (χ4n) is 1.97. The lowest BCUT2D eigenvalue weighted by Gasteiger charge is -2.07.